The average molecular weight is 359 g/mol. The van der Waals surface area contributed by atoms with Crippen LogP contribution in [-0.2, 0) is 4.74 Å². The second kappa shape index (κ2) is 6.11. The molecule has 0 saturated carbocycles. The Morgan fingerprint density at radius 3 is 2.65 bits per heavy atom. The first kappa shape index (κ1) is 14.6. The van der Waals surface area contributed by atoms with Crippen molar-refractivity contribution < 1.29 is 18.7 Å². The number of rotatable bonds is 3. The highest BCUT2D eigenvalue weighted by Gasteiger charge is 2.14. The lowest BCUT2D eigenvalue weighted by molar-refractivity contribution is 0.0600. The number of amides is 1. The Kier molecular flexibility index (Phi) is 4.46. The molecule has 0 saturated heterocycles. The molecule has 0 aliphatic carbocycles. The van der Waals surface area contributed by atoms with Crippen molar-refractivity contribution in [3.8, 4) is 0 Å². The first-order valence-electron chi connectivity index (χ1n) is 5.46. The van der Waals surface area contributed by atoms with Crippen LogP contribution in [0.3, 0.4) is 0 Å². The number of hydrogen-bond acceptors (Lipinski definition) is 4. The SMILES string of the molecule is COC(=O)c1cc(NC(=O)c2ccc(Br)o2)ccc1Cl. The molecule has 0 spiro atoms. The van der Waals surface area contributed by atoms with E-state index in [1.165, 1.54) is 25.3 Å². The van der Waals surface area contributed by atoms with Gasteiger partial charge in [0.05, 0.1) is 17.7 Å². The molecule has 0 atom stereocenters. The van der Waals surface area contributed by atoms with Gasteiger partial charge in [0.15, 0.2) is 10.4 Å². The van der Waals surface area contributed by atoms with Gasteiger partial charge in [0.1, 0.15) is 0 Å². The summed E-state index contributed by atoms with van der Waals surface area (Å²) in [6, 6.07) is 7.64. The van der Waals surface area contributed by atoms with Crippen molar-refractivity contribution in [1.82, 2.24) is 0 Å². The standard InChI is InChI=1S/C13H9BrClNO4/c1-19-13(18)8-6-7(2-3-9(8)15)16-12(17)10-4-5-11(14)20-10/h2-6H,1H3,(H,16,17). The fourth-order valence-electron chi connectivity index (χ4n) is 1.50. The molecule has 0 fully saturated rings. The van der Waals surface area contributed by atoms with Crippen LogP contribution in [0, 0.1) is 0 Å². The molecule has 104 valence electrons. The van der Waals surface area contributed by atoms with Gasteiger partial charge in [-0.2, -0.15) is 0 Å². The number of ether oxygens (including phenoxy) is 1. The molecule has 7 heteroatoms. The number of nitrogens with one attached hydrogen (secondary N) is 1. The third kappa shape index (κ3) is 3.20. The summed E-state index contributed by atoms with van der Waals surface area (Å²) in [6.07, 6.45) is 0. The van der Waals surface area contributed by atoms with E-state index in [4.69, 9.17) is 16.0 Å². The summed E-state index contributed by atoms with van der Waals surface area (Å²) in [5.74, 6) is -0.868. The van der Waals surface area contributed by atoms with Gasteiger partial charge in [-0.05, 0) is 46.3 Å². The van der Waals surface area contributed by atoms with Gasteiger partial charge in [0, 0.05) is 5.69 Å². The lowest BCUT2D eigenvalue weighted by atomic mass is 10.2. The summed E-state index contributed by atoms with van der Waals surface area (Å²) >= 11 is 9.00. The predicted octanol–water partition coefficient (Wildman–Crippen LogP) is 3.73. The molecule has 1 aromatic heterocycles. The molecular weight excluding hydrogens is 350 g/mol. The normalized spacial score (nSPS) is 10.2. The van der Waals surface area contributed by atoms with Gasteiger partial charge in [0.2, 0.25) is 0 Å². The number of anilines is 1. The van der Waals surface area contributed by atoms with Crippen molar-refractivity contribution in [2.45, 2.75) is 0 Å². The van der Waals surface area contributed by atoms with Crippen LogP contribution in [0.4, 0.5) is 5.69 Å². The van der Waals surface area contributed by atoms with Crippen molar-refractivity contribution in [3.05, 3.63) is 51.3 Å². The number of furan rings is 1. The van der Waals surface area contributed by atoms with E-state index in [9.17, 15) is 9.59 Å². The Balaban J connectivity index is 2.22. The van der Waals surface area contributed by atoms with Crippen LogP contribution >= 0.6 is 27.5 Å². The second-order valence-corrected chi connectivity index (χ2v) is 4.93. The maximum Gasteiger partial charge on any atom is 0.339 e. The largest absolute Gasteiger partial charge is 0.465 e. The molecule has 1 aromatic carbocycles. The maximum absolute atomic E-state index is 11.9. The molecule has 0 radical (unpaired) electrons. The van der Waals surface area contributed by atoms with Gasteiger partial charge in [0.25, 0.3) is 5.91 Å². The van der Waals surface area contributed by atoms with E-state index >= 15 is 0 Å². The Bertz CT molecular complexity index is 668. The molecule has 1 heterocycles. The molecule has 0 aliphatic heterocycles. The van der Waals surface area contributed by atoms with Crippen molar-refractivity contribution in [2.75, 3.05) is 12.4 Å². The highest BCUT2D eigenvalue weighted by molar-refractivity contribution is 9.10. The van der Waals surface area contributed by atoms with E-state index in [0.717, 1.165) is 0 Å². The van der Waals surface area contributed by atoms with Crippen LogP contribution in [-0.4, -0.2) is 19.0 Å². The monoisotopic (exact) mass is 357 g/mol. The average Bonchev–Trinajstić information content (AvgIpc) is 2.87. The van der Waals surface area contributed by atoms with Crippen LogP contribution in [0.25, 0.3) is 0 Å². The minimum Gasteiger partial charge on any atom is -0.465 e. The Hall–Kier alpha value is -1.79. The molecule has 0 unspecified atom stereocenters. The highest BCUT2D eigenvalue weighted by atomic mass is 79.9. The number of esters is 1. The van der Waals surface area contributed by atoms with Gasteiger partial charge < -0.3 is 14.5 Å². The molecule has 1 N–H and O–H groups in total. The molecule has 0 bridgehead atoms. The number of benzene rings is 1. The van der Waals surface area contributed by atoms with E-state index in [0.29, 0.717) is 10.4 Å². The predicted molar refractivity (Wildman–Crippen MR) is 77.2 cm³/mol. The van der Waals surface area contributed by atoms with Crippen molar-refractivity contribution in [1.29, 1.82) is 0 Å². The first-order valence-corrected chi connectivity index (χ1v) is 6.63. The fourth-order valence-corrected chi connectivity index (χ4v) is 2.00. The first-order chi connectivity index (χ1) is 9.51. The molecule has 20 heavy (non-hydrogen) atoms. The van der Waals surface area contributed by atoms with Crippen LogP contribution < -0.4 is 5.32 Å². The summed E-state index contributed by atoms with van der Waals surface area (Å²) in [4.78, 5) is 23.4. The molecule has 2 rings (SSSR count). The van der Waals surface area contributed by atoms with Crippen LogP contribution in [0.2, 0.25) is 5.02 Å². The topological polar surface area (TPSA) is 68.5 Å². The maximum atomic E-state index is 11.9. The van der Waals surface area contributed by atoms with Crippen molar-refractivity contribution in [2.24, 2.45) is 0 Å². The zero-order chi connectivity index (χ0) is 14.7. The number of hydrogen-bond donors (Lipinski definition) is 1. The summed E-state index contributed by atoms with van der Waals surface area (Å²) in [7, 11) is 1.25. The second-order valence-electron chi connectivity index (χ2n) is 3.74. The molecule has 1 amide bonds. The van der Waals surface area contributed by atoms with E-state index in [2.05, 4.69) is 26.0 Å². The smallest absolute Gasteiger partial charge is 0.339 e. The lowest BCUT2D eigenvalue weighted by Crippen LogP contribution is -2.12. The number of methoxy groups -OCH3 is 1. The summed E-state index contributed by atoms with van der Waals surface area (Å²) < 4.78 is 10.2. The van der Waals surface area contributed by atoms with E-state index in [-0.39, 0.29) is 16.3 Å². The van der Waals surface area contributed by atoms with E-state index in [1.54, 1.807) is 12.1 Å². The quantitative estimate of drug-likeness (QED) is 0.849. The third-order valence-electron chi connectivity index (χ3n) is 2.43. The molecule has 0 aliphatic rings. The Morgan fingerprint density at radius 1 is 1.30 bits per heavy atom. The summed E-state index contributed by atoms with van der Waals surface area (Å²) in [5.41, 5.74) is 0.583. The fraction of sp³-hybridized carbons (Fsp3) is 0.0769. The Labute approximate surface area is 128 Å². The number of carbonyl (C=O) groups excluding carboxylic acids is 2. The minimum absolute atomic E-state index is 0.145. The van der Waals surface area contributed by atoms with Crippen LogP contribution in [0.1, 0.15) is 20.9 Å². The van der Waals surface area contributed by atoms with Gasteiger partial charge in [-0.3, -0.25) is 4.79 Å². The van der Waals surface area contributed by atoms with Crippen molar-refractivity contribution >= 4 is 45.1 Å². The van der Waals surface area contributed by atoms with Gasteiger partial charge in [-0.25, -0.2) is 4.79 Å². The lowest BCUT2D eigenvalue weighted by Gasteiger charge is -2.07. The number of halogens is 2. The number of carbonyl (C=O) groups is 2. The van der Waals surface area contributed by atoms with Gasteiger partial charge in [-0.15, -0.1) is 0 Å². The molecule has 2 aromatic rings. The molecular formula is C13H9BrClNO4. The zero-order valence-corrected chi connectivity index (χ0v) is 12.6. The van der Waals surface area contributed by atoms with Crippen LogP contribution in [0.15, 0.2) is 39.4 Å². The van der Waals surface area contributed by atoms with Crippen molar-refractivity contribution in [3.63, 3.8) is 0 Å². The van der Waals surface area contributed by atoms with Gasteiger partial charge in [-0.1, -0.05) is 11.6 Å². The van der Waals surface area contributed by atoms with Crippen LogP contribution in [0.5, 0.6) is 0 Å². The third-order valence-corrected chi connectivity index (χ3v) is 3.18. The summed E-state index contributed by atoms with van der Waals surface area (Å²) in [5, 5.41) is 2.84. The zero-order valence-electron chi connectivity index (χ0n) is 10.3. The minimum atomic E-state index is -0.577. The summed E-state index contributed by atoms with van der Waals surface area (Å²) in [6.45, 7) is 0. The molecule has 5 nitrogen and oxygen atoms in total. The van der Waals surface area contributed by atoms with E-state index in [1.807, 2.05) is 0 Å². The highest BCUT2D eigenvalue weighted by Crippen LogP contribution is 2.22. The Morgan fingerprint density at radius 2 is 2.05 bits per heavy atom. The van der Waals surface area contributed by atoms with E-state index < -0.39 is 11.9 Å². The van der Waals surface area contributed by atoms with Gasteiger partial charge >= 0.3 is 5.97 Å².